The van der Waals surface area contributed by atoms with E-state index < -0.39 is 0 Å². The molecule has 0 aromatic rings. The van der Waals surface area contributed by atoms with E-state index >= 15 is 0 Å². The van der Waals surface area contributed by atoms with Crippen molar-refractivity contribution in [2.24, 2.45) is 4.99 Å². The standard InChI is InChI=1S/C3H2ClNO/c4-3(6)2-1-5-2/h1-2H. The summed E-state index contributed by atoms with van der Waals surface area (Å²) < 4.78 is 0. The molecule has 1 aliphatic rings. The topological polar surface area (TPSA) is 29.4 Å². The van der Waals surface area contributed by atoms with Crippen LogP contribution in [0.4, 0.5) is 0 Å². The second-order valence-electron chi connectivity index (χ2n) is 1.05. The van der Waals surface area contributed by atoms with Gasteiger partial charge in [0.15, 0.2) is 6.04 Å². The van der Waals surface area contributed by atoms with E-state index in [9.17, 15) is 4.79 Å². The lowest BCUT2D eigenvalue weighted by Gasteiger charge is -1.71. The Kier molecular flexibility index (Phi) is 0.665. The average molecular weight is 104 g/mol. The molecule has 0 aliphatic carbocycles. The van der Waals surface area contributed by atoms with E-state index in [1.54, 1.807) is 0 Å². The maximum absolute atomic E-state index is 9.85. The lowest BCUT2D eigenvalue weighted by atomic mass is 10.5. The molecule has 1 atom stereocenters. The maximum Gasteiger partial charge on any atom is 0.251 e. The fourth-order valence-corrected chi connectivity index (χ4v) is 0.273. The number of halogens is 1. The third-order valence-electron chi connectivity index (χ3n) is 0.531. The number of hydrogen-bond acceptors (Lipinski definition) is 2. The van der Waals surface area contributed by atoms with Crippen LogP contribution < -0.4 is 0 Å². The highest BCUT2D eigenvalue weighted by atomic mass is 35.5. The largest absolute Gasteiger partial charge is 0.278 e. The molecular weight excluding hydrogens is 101 g/mol. The first-order chi connectivity index (χ1) is 2.80. The lowest BCUT2D eigenvalue weighted by Crippen LogP contribution is -1.96. The van der Waals surface area contributed by atoms with Crippen molar-refractivity contribution in [3.05, 3.63) is 0 Å². The Labute approximate surface area is 39.8 Å². The highest BCUT2D eigenvalue weighted by Gasteiger charge is 2.19. The van der Waals surface area contributed by atoms with Crippen LogP contribution in [-0.4, -0.2) is 17.5 Å². The van der Waals surface area contributed by atoms with Crippen molar-refractivity contribution in [1.82, 2.24) is 0 Å². The summed E-state index contributed by atoms with van der Waals surface area (Å²) in [7, 11) is 0. The number of carbonyl (C=O) groups excluding carboxylic acids is 1. The summed E-state index contributed by atoms with van der Waals surface area (Å²) in [5.41, 5.74) is 0. The third-order valence-corrected chi connectivity index (χ3v) is 0.754. The van der Waals surface area contributed by atoms with Crippen molar-refractivity contribution in [3.63, 3.8) is 0 Å². The van der Waals surface area contributed by atoms with Gasteiger partial charge in [0.2, 0.25) is 0 Å². The van der Waals surface area contributed by atoms with Crippen molar-refractivity contribution in [1.29, 1.82) is 0 Å². The van der Waals surface area contributed by atoms with Crippen molar-refractivity contribution in [2.75, 3.05) is 0 Å². The van der Waals surface area contributed by atoms with E-state index in [1.165, 1.54) is 6.21 Å². The van der Waals surface area contributed by atoms with Crippen molar-refractivity contribution in [2.45, 2.75) is 6.04 Å². The molecule has 32 valence electrons. The van der Waals surface area contributed by atoms with E-state index in [1.807, 2.05) is 0 Å². The van der Waals surface area contributed by atoms with Gasteiger partial charge in [-0.15, -0.1) is 0 Å². The molecule has 2 nitrogen and oxygen atoms in total. The molecule has 0 amide bonds. The number of carbonyl (C=O) groups is 1. The number of hydrogen-bond donors (Lipinski definition) is 0. The minimum Gasteiger partial charge on any atom is -0.278 e. The molecule has 0 saturated heterocycles. The first kappa shape index (κ1) is 3.81. The van der Waals surface area contributed by atoms with Gasteiger partial charge in [-0.05, 0) is 11.6 Å². The molecule has 0 bridgehead atoms. The van der Waals surface area contributed by atoms with Gasteiger partial charge in [0.05, 0.1) is 0 Å². The van der Waals surface area contributed by atoms with Crippen LogP contribution in [0, 0.1) is 0 Å². The van der Waals surface area contributed by atoms with Gasteiger partial charge in [0.25, 0.3) is 5.24 Å². The first-order valence-electron chi connectivity index (χ1n) is 1.53. The highest BCUT2D eigenvalue weighted by Crippen LogP contribution is 2.03. The normalized spacial score (nSPS) is 27.2. The molecule has 0 fully saturated rings. The molecule has 0 spiro atoms. The summed E-state index contributed by atoms with van der Waals surface area (Å²) in [5, 5.41) is -0.380. The van der Waals surface area contributed by atoms with E-state index in [0.717, 1.165) is 0 Å². The van der Waals surface area contributed by atoms with E-state index in [4.69, 9.17) is 11.6 Å². The van der Waals surface area contributed by atoms with E-state index in [2.05, 4.69) is 4.99 Å². The van der Waals surface area contributed by atoms with Crippen LogP contribution in [0.1, 0.15) is 0 Å². The Hall–Kier alpha value is -0.370. The molecule has 1 rings (SSSR count). The summed E-state index contributed by atoms with van der Waals surface area (Å²) in [6, 6.07) is -0.272. The summed E-state index contributed by atoms with van der Waals surface area (Å²) in [5.74, 6) is 0. The molecule has 6 heavy (non-hydrogen) atoms. The smallest absolute Gasteiger partial charge is 0.251 e. The summed E-state index contributed by atoms with van der Waals surface area (Å²) >= 11 is 4.91. The fourth-order valence-electron chi connectivity index (χ4n) is 0.160. The second-order valence-corrected chi connectivity index (χ2v) is 1.42. The van der Waals surface area contributed by atoms with Crippen molar-refractivity contribution < 1.29 is 4.79 Å². The van der Waals surface area contributed by atoms with Crippen molar-refractivity contribution >= 4 is 23.1 Å². The van der Waals surface area contributed by atoms with Crippen LogP contribution in [0.25, 0.3) is 0 Å². The molecular formula is C3H2ClNO. The molecule has 1 aliphatic heterocycles. The minimum atomic E-state index is -0.380. The predicted octanol–water partition coefficient (Wildman–Crippen LogP) is 0.205. The molecule has 0 saturated carbocycles. The number of rotatable bonds is 1. The van der Waals surface area contributed by atoms with Gasteiger partial charge in [-0.2, -0.15) is 0 Å². The van der Waals surface area contributed by atoms with Crippen LogP contribution in [0.5, 0.6) is 0 Å². The van der Waals surface area contributed by atoms with E-state index in [-0.39, 0.29) is 11.3 Å². The minimum absolute atomic E-state index is 0.272. The Morgan fingerprint density at radius 2 is 2.50 bits per heavy atom. The quantitative estimate of drug-likeness (QED) is 0.436. The summed E-state index contributed by atoms with van der Waals surface area (Å²) in [4.78, 5) is 13.3. The summed E-state index contributed by atoms with van der Waals surface area (Å²) in [6.07, 6.45) is 1.51. The Morgan fingerprint density at radius 1 is 2.00 bits per heavy atom. The van der Waals surface area contributed by atoms with Gasteiger partial charge in [0.1, 0.15) is 0 Å². The third kappa shape index (κ3) is 0.571. The van der Waals surface area contributed by atoms with Gasteiger partial charge in [-0.25, -0.2) is 0 Å². The molecule has 1 unspecified atom stereocenters. The van der Waals surface area contributed by atoms with Crippen LogP contribution >= 0.6 is 11.6 Å². The molecule has 1 heterocycles. The average Bonchev–Trinajstić information content (AvgIpc) is 2.06. The number of nitrogens with zero attached hydrogens (tertiary/aromatic N) is 1. The van der Waals surface area contributed by atoms with Gasteiger partial charge in [0, 0.05) is 6.21 Å². The Morgan fingerprint density at radius 3 is 2.50 bits per heavy atom. The molecule has 0 N–H and O–H groups in total. The zero-order chi connectivity index (χ0) is 4.57. The predicted molar refractivity (Wildman–Crippen MR) is 23.1 cm³/mol. The zero-order valence-electron chi connectivity index (χ0n) is 2.89. The maximum atomic E-state index is 9.85. The highest BCUT2D eigenvalue weighted by molar-refractivity contribution is 6.67. The van der Waals surface area contributed by atoms with Crippen LogP contribution in [0.2, 0.25) is 0 Å². The van der Waals surface area contributed by atoms with Crippen LogP contribution in [0.3, 0.4) is 0 Å². The first-order valence-corrected chi connectivity index (χ1v) is 1.91. The van der Waals surface area contributed by atoms with Gasteiger partial charge >= 0.3 is 0 Å². The fraction of sp³-hybridized carbons (Fsp3) is 0.333. The molecule has 3 heteroatoms. The van der Waals surface area contributed by atoms with Gasteiger partial charge in [-0.3, -0.25) is 9.79 Å². The van der Waals surface area contributed by atoms with Gasteiger partial charge in [-0.1, -0.05) is 0 Å². The van der Waals surface area contributed by atoms with Crippen LogP contribution in [-0.2, 0) is 4.79 Å². The SMILES string of the molecule is O=C(Cl)C1C=N1. The lowest BCUT2D eigenvalue weighted by molar-refractivity contribution is -0.110. The number of aliphatic imine (C=N–C) groups is 1. The second kappa shape index (κ2) is 1.05. The van der Waals surface area contributed by atoms with E-state index in [0.29, 0.717) is 0 Å². The van der Waals surface area contributed by atoms with Crippen LogP contribution in [0.15, 0.2) is 4.99 Å². The summed E-state index contributed by atoms with van der Waals surface area (Å²) in [6.45, 7) is 0. The Balaban J connectivity index is 2.35. The molecule has 0 aromatic carbocycles. The Bertz CT molecular complexity index is 103. The monoisotopic (exact) mass is 103 g/mol. The van der Waals surface area contributed by atoms with Gasteiger partial charge < -0.3 is 0 Å². The molecule has 0 radical (unpaired) electrons. The van der Waals surface area contributed by atoms with Crippen molar-refractivity contribution in [3.8, 4) is 0 Å². The zero-order valence-corrected chi connectivity index (χ0v) is 3.64. The molecule has 0 aromatic heterocycles.